The highest BCUT2D eigenvalue weighted by molar-refractivity contribution is 6.03. The second kappa shape index (κ2) is 6.91. The fourth-order valence-corrected chi connectivity index (χ4v) is 4.34. The number of hydrogen-bond acceptors (Lipinski definition) is 4. The van der Waals surface area contributed by atoms with Gasteiger partial charge >= 0.3 is 0 Å². The molecular formula is C21H23N5O2. The van der Waals surface area contributed by atoms with Crippen LogP contribution in [-0.2, 0) is 24.1 Å². The molecule has 1 spiro atoms. The molecule has 1 amide bonds. The Bertz CT molecular complexity index is 985. The summed E-state index contributed by atoms with van der Waals surface area (Å²) in [5, 5.41) is 14.6. The van der Waals surface area contributed by atoms with Crippen LogP contribution in [0.25, 0.3) is 0 Å². The first-order valence-corrected chi connectivity index (χ1v) is 9.79. The maximum atomic E-state index is 12.8. The van der Waals surface area contributed by atoms with Gasteiger partial charge in [-0.15, -0.1) is 0 Å². The molecule has 0 saturated carbocycles. The molecule has 1 unspecified atom stereocenters. The Balaban J connectivity index is 1.28. The average molecular weight is 377 g/mol. The number of benzene rings is 1. The summed E-state index contributed by atoms with van der Waals surface area (Å²) in [5.74, 6) is -0.194. The van der Waals surface area contributed by atoms with Gasteiger partial charge in [-0.2, -0.15) is 10.2 Å². The van der Waals surface area contributed by atoms with E-state index in [9.17, 15) is 4.79 Å². The first-order chi connectivity index (χ1) is 13.7. The van der Waals surface area contributed by atoms with Crippen molar-refractivity contribution in [2.24, 2.45) is 0 Å². The normalized spacial score (nSPS) is 21.0. The summed E-state index contributed by atoms with van der Waals surface area (Å²) in [7, 11) is 0. The zero-order chi connectivity index (χ0) is 19.0. The van der Waals surface area contributed by atoms with Crippen molar-refractivity contribution in [1.82, 2.24) is 20.0 Å². The molecule has 7 nitrogen and oxygen atoms in total. The lowest BCUT2D eigenvalue weighted by molar-refractivity contribution is -0.00732. The molecule has 2 aliphatic rings. The molecule has 2 N–H and O–H groups in total. The van der Waals surface area contributed by atoms with Crippen molar-refractivity contribution in [3.05, 3.63) is 65.2 Å². The Morgan fingerprint density at radius 1 is 1.29 bits per heavy atom. The lowest BCUT2D eigenvalue weighted by Crippen LogP contribution is -2.35. The lowest BCUT2D eigenvalue weighted by Gasteiger charge is -2.32. The van der Waals surface area contributed by atoms with Crippen LogP contribution in [0.15, 0.2) is 42.7 Å². The van der Waals surface area contributed by atoms with E-state index in [1.54, 1.807) is 6.20 Å². The van der Waals surface area contributed by atoms with Crippen LogP contribution in [0.3, 0.4) is 0 Å². The summed E-state index contributed by atoms with van der Waals surface area (Å²) in [4.78, 5) is 12.8. The van der Waals surface area contributed by atoms with Crippen LogP contribution in [-0.4, -0.2) is 38.1 Å². The summed E-state index contributed by atoms with van der Waals surface area (Å²) >= 11 is 0. The SMILES string of the molecule is O=C(Nc1cnn(Cc2ccccc2)c1)c1n[nH]c2c1CCC1(CCCO1)C2. The third-order valence-electron chi connectivity index (χ3n) is 5.76. The molecule has 2 aromatic heterocycles. The number of H-pyrrole nitrogens is 1. The van der Waals surface area contributed by atoms with Gasteiger partial charge in [-0.3, -0.25) is 14.6 Å². The number of rotatable bonds is 4. The van der Waals surface area contributed by atoms with Crippen LogP contribution >= 0.6 is 0 Å². The van der Waals surface area contributed by atoms with Crippen LogP contribution in [0.4, 0.5) is 5.69 Å². The number of nitrogens with zero attached hydrogens (tertiary/aromatic N) is 3. The molecule has 0 bridgehead atoms. The number of ether oxygens (including phenoxy) is 1. The third-order valence-corrected chi connectivity index (χ3v) is 5.76. The van der Waals surface area contributed by atoms with E-state index in [1.807, 2.05) is 29.1 Å². The molecule has 1 aliphatic heterocycles. The molecule has 5 rings (SSSR count). The smallest absolute Gasteiger partial charge is 0.276 e. The maximum Gasteiger partial charge on any atom is 0.276 e. The minimum absolute atomic E-state index is 0.0497. The standard InChI is InChI=1S/C21H23N5O2/c27-20(23-16-12-22-26(14-16)13-15-5-2-1-3-6-15)19-17-7-9-21(8-4-10-28-21)11-18(17)24-25-19/h1-3,5-6,12,14H,4,7-11,13H2,(H,23,27)(H,24,25). The van der Waals surface area contributed by atoms with E-state index in [0.29, 0.717) is 17.9 Å². The molecule has 1 aliphatic carbocycles. The van der Waals surface area contributed by atoms with Crippen molar-refractivity contribution in [3.8, 4) is 0 Å². The van der Waals surface area contributed by atoms with E-state index in [0.717, 1.165) is 55.5 Å². The number of aromatic nitrogens is 4. The Labute approximate surface area is 163 Å². The Morgan fingerprint density at radius 2 is 2.18 bits per heavy atom. The number of fused-ring (bicyclic) bond motifs is 1. The number of nitrogens with one attached hydrogen (secondary N) is 2. The summed E-state index contributed by atoms with van der Waals surface area (Å²) in [6.45, 7) is 1.50. The largest absolute Gasteiger partial charge is 0.375 e. The summed E-state index contributed by atoms with van der Waals surface area (Å²) < 4.78 is 7.81. The third kappa shape index (κ3) is 3.22. The molecular weight excluding hydrogens is 354 g/mol. The number of carbonyl (C=O) groups excluding carboxylic acids is 1. The number of hydrogen-bond donors (Lipinski definition) is 2. The fraction of sp³-hybridized carbons (Fsp3) is 0.381. The molecule has 28 heavy (non-hydrogen) atoms. The summed E-state index contributed by atoms with van der Waals surface area (Å²) in [5.41, 5.74) is 4.33. The van der Waals surface area contributed by atoms with Gasteiger partial charge in [0.1, 0.15) is 0 Å². The van der Waals surface area contributed by atoms with Crippen molar-refractivity contribution < 1.29 is 9.53 Å². The predicted molar refractivity (Wildman–Crippen MR) is 104 cm³/mol. The first kappa shape index (κ1) is 17.2. The van der Waals surface area contributed by atoms with Crippen molar-refractivity contribution in [2.45, 2.75) is 44.2 Å². The Hall–Kier alpha value is -2.93. The molecule has 1 atom stereocenters. The molecule has 3 aromatic rings. The van der Waals surface area contributed by atoms with Gasteiger partial charge in [-0.05, 0) is 31.2 Å². The zero-order valence-electron chi connectivity index (χ0n) is 15.6. The van der Waals surface area contributed by atoms with Crippen molar-refractivity contribution in [2.75, 3.05) is 11.9 Å². The number of amides is 1. The maximum absolute atomic E-state index is 12.8. The van der Waals surface area contributed by atoms with E-state index in [-0.39, 0.29) is 11.5 Å². The van der Waals surface area contributed by atoms with Crippen LogP contribution in [0.2, 0.25) is 0 Å². The van der Waals surface area contributed by atoms with E-state index < -0.39 is 0 Å². The van der Waals surface area contributed by atoms with E-state index >= 15 is 0 Å². The van der Waals surface area contributed by atoms with Crippen LogP contribution in [0, 0.1) is 0 Å². The summed E-state index contributed by atoms with van der Waals surface area (Å²) in [6, 6.07) is 10.1. The predicted octanol–water partition coefficient (Wildman–Crippen LogP) is 2.94. The molecule has 1 aromatic carbocycles. The number of aromatic amines is 1. The van der Waals surface area contributed by atoms with Gasteiger partial charge in [0, 0.05) is 30.5 Å². The lowest BCUT2D eigenvalue weighted by atomic mass is 9.81. The minimum atomic E-state index is -0.194. The van der Waals surface area contributed by atoms with Crippen LogP contribution in [0.1, 0.15) is 46.6 Å². The van der Waals surface area contributed by atoms with E-state index in [1.165, 1.54) is 0 Å². The van der Waals surface area contributed by atoms with Crippen LogP contribution in [0.5, 0.6) is 0 Å². The molecule has 3 heterocycles. The van der Waals surface area contributed by atoms with Gasteiger partial charge in [0.05, 0.1) is 24.0 Å². The molecule has 1 fully saturated rings. The first-order valence-electron chi connectivity index (χ1n) is 9.79. The van der Waals surface area contributed by atoms with Gasteiger partial charge in [-0.25, -0.2) is 0 Å². The highest BCUT2D eigenvalue weighted by Gasteiger charge is 2.40. The zero-order valence-corrected chi connectivity index (χ0v) is 15.6. The molecule has 1 saturated heterocycles. The van der Waals surface area contributed by atoms with Crippen molar-refractivity contribution in [3.63, 3.8) is 0 Å². The van der Waals surface area contributed by atoms with Gasteiger partial charge in [0.25, 0.3) is 5.91 Å². The van der Waals surface area contributed by atoms with E-state index in [4.69, 9.17) is 4.74 Å². The summed E-state index contributed by atoms with van der Waals surface area (Å²) in [6.07, 6.45) is 8.30. The van der Waals surface area contributed by atoms with Gasteiger partial charge in [-0.1, -0.05) is 30.3 Å². The topological polar surface area (TPSA) is 84.8 Å². The molecule has 0 radical (unpaired) electrons. The number of carbonyl (C=O) groups is 1. The monoisotopic (exact) mass is 377 g/mol. The minimum Gasteiger partial charge on any atom is -0.375 e. The Kier molecular flexibility index (Phi) is 4.24. The van der Waals surface area contributed by atoms with Crippen molar-refractivity contribution >= 4 is 11.6 Å². The van der Waals surface area contributed by atoms with Crippen molar-refractivity contribution in [1.29, 1.82) is 0 Å². The van der Waals surface area contributed by atoms with Gasteiger partial charge in [0.2, 0.25) is 0 Å². The Morgan fingerprint density at radius 3 is 3.00 bits per heavy atom. The quantitative estimate of drug-likeness (QED) is 0.732. The second-order valence-corrected chi connectivity index (χ2v) is 7.71. The molecule has 7 heteroatoms. The van der Waals surface area contributed by atoms with E-state index in [2.05, 4.69) is 32.7 Å². The van der Waals surface area contributed by atoms with Gasteiger partial charge < -0.3 is 10.1 Å². The second-order valence-electron chi connectivity index (χ2n) is 7.71. The highest BCUT2D eigenvalue weighted by atomic mass is 16.5. The number of anilines is 1. The molecule has 144 valence electrons. The van der Waals surface area contributed by atoms with Crippen LogP contribution < -0.4 is 5.32 Å². The average Bonchev–Trinajstić information content (AvgIpc) is 3.43. The highest BCUT2D eigenvalue weighted by Crippen LogP contribution is 2.38. The fourth-order valence-electron chi connectivity index (χ4n) is 4.34. The van der Waals surface area contributed by atoms with Gasteiger partial charge in [0.15, 0.2) is 5.69 Å².